The number of ether oxygens (including phenoxy) is 3. The molecule has 226 valence electrons. The molecule has 1 N–H and O–H groups in total. The highest BCUT2D eigenvalue weighted by molar-refractivity contribution is 9.13. The lowest BCUT2D eigenvalue weighted by Gasteiger charge is -2.15. The first-order valence-corrected chi connectivity index (χ1v) is 15.1. The van der Waals surface area contributed by atoms with Gasteiger partial charge in [-0.3, -0.25) is 4.79 Å². The lowest BCUT2D eigenvalue weighted by molar-refractivity contribution is 0.0923. The summed E-state index contributed by atoms with van der Waals surface area (Å²) in [7, 11) is 1.49. The van der Waals surface area contributed by atoms with Crippen LogP contribution in [0.1, 0.15) is 38.8 Å². The fourth-order valence-corrected chi connectivity index (χ4v) is 5.40. The second kappa shape index (κ2) is 14.0. The minimum Gasteiger partial charge on any atom is -0.493 e. The Labute approximate surface area is 270 Å². The molecular weight excluding hydrogens is 697 g/mol. The summed E-state index contributed by atoms with van der Waals surface area (Å²) in [6.07, 6.45) is 1.45. The highest BCUT2D eigenvalue weighted by Gasteiger charge is 2.18. The van der Waals surface area contributed by atoms with Crippen LogP contribution in [0.15, 0.2) is 97.3 Å². The average molecular weight is 725 g/mol. The first kappa shape index (κ1) is 31.1. The van der Waals surface area contributed by atoms with E-state index >= 15 is 0 Å². The molecule has 0 bridgehead atoms. The first-order valence-electron chi connectivity index (χ1n) is 13.5. The van der Waals surface area contributed by atoms with Crippen LogP contribution in [-0.4, -0.2) is 23.8 Å². The van der Waals surface area contributed by atoms with E-state index < -0.39 is 5.91 Å². The molecule has 2 heterocycles. The van der Waals surface area contributed by atoms with Gasteiger partial charge in [-0.2, -0.15) is 5.10 Å². The lowest BCUT2D eigenvalue weighted by Crippen LogP contribution is -2.16. The molecule has 0 radical (unpaired) electrons. The summed E-state index contributed by atoms with van der Waals surface area (Å²) in [5, 5.41) is 4.06. The van der Waals surface area contributed by atoms with E-state index in [2.05, 4.69) is 72.9 Å². The molecule has 0 saturated heterocycles. The lowest BCUT2D eigenvalue weighted by atomic mass is 10.2. The van der Waals surface area contributed by atoms with Crippen molar-refractivity contribution in [2.75, 3.05) is 7.11 Å². The van der Waals surface area contributed by atoms with Crippen LogP contribution in [0.5, 0.6) is 17.2 Å². The third-order valence-corrected chi connectivity index (χ3v) is 8.85. The minimum atomic E-state index is -0.527. The van der Waals surface area contributed by atoms with E-state index in [1.165, 1.54) is 19.4 Å². The van der Waals surface area contributed by atoms with Gasteiger partial charge in [-0.05, 0) is 106 Å². The van der Waals surface area contributed by atoms with Crippen molar-refractivity contribution < 1.29 is 27.8 Å². The van der Waals surface area contributed by atoms with Gasteiger partial charge in [0.15, 0.2) is 17.3 Å². The van der Waals surface area contributed by atoms with Gasteiger partial charge in [-0.25, -0.2) is 9.82 Å². The van der Waals surface area contributed by atoms with Gasteiger partial charge >= 0.3 is 5.91 Å². The predicted molar refractivity (Wildman–Crippen MR) is 172 cm³/mol. The van der Waals surface area contributed by atoms with E-state index in [9.17, 15) is 9.18 Å². The number of carbonyl (C=O) groups is 1. The Bertz CT molecular complexity index is 1800. The van der Waals surface area contributed by atoms with Gasteiger partial charge in [0.2, 0.25) is 0 Å². The summed E-state index contributed by atoms with van der Waals surface area (Å²) in [6, 6.07) is 23.2. The molecule has 0 fully saturated rings. The van der Waals surface area contributed by atoms with Crippen LogP contribution in [0.25, 0.3) is 5.69 Å². The van der Waals surface area contributed by atoms with E-state index in [-0.39, 0.29) is 24.8 Å². The number of aromatic nitrogens is 1. The zero-order valence-corrected chi connectivity index (χ0v) is 27.2. The number of hydrazone groups is 1. The molecule has 5 rings (SSSR count). The molecule has 3 aromatic carbocycles. The Morgan fingerprint density at radius 1 is 0.955 bits per heavy atom. The smallest absolute Gasteiger partial charge is 0.307 e. The maximum absolute atomic E-state index is 14.0. The van der Waals surface area contributed by atoms with Crippen molar-refractivity contribution in [2.24, 2.45) is 5.10 Å². The van der Waals surface area contributed by atoms with Crippen LogP contribution in [0.4, 0.5) is 4.39 Å². The van der Waals surface area contributed by atoms with E-state index in [0.717, 1.165) is 17.1 Å². The zero-order valence-electron chi connectivity index (χ0n) is 24.1. The van der Waals surface area contributed by atoms with Crippen LogP contribution >= 0.6 is 31.9 Å². The number of benzene rings is 3. The summed E-state index contributed by atoms with van der Waals surface area (Å²) in [6.45, 7) is 4.29. The first-order chi connectivity index (χ1) is 21.2. The Morgan fingerprint density at radius 2 is 1.68 bits per heavy atom. The number of hydrogen-bond acceptors (Lipinski definition) is 6. The normalized spacial score (nSPS) is 11.1. The molecule has 44 heavy (non-hydrogen) atoms. The van der Waals surface area contributed by atoms with Gasteiger partial charge in [0.25, 0.3) is 0 Å². The molecule has 0 spiro atoms. The number of furan rings is 1. The fraction of sp³-hybridized carbons (Fsp3) is 0.152. The van der Waals surface area contributed by atoms with Crippen LogP contribution < -0.4 is 19.6 Å². The zero-order chi connectivity index (χ0) is 31.2. The topological polar surface area (TPSA) is 87.2 Å². The average Bonchev–Trinajstić information content (AvgIpc) is 3.64. The van der Waals surface area contributed by atoms with Gasteiger partial charge in [0, 0.05) is 32.7 Å². The van der Waals surface area contributed by atoms with E-state index in [4.69, 9.17) is 18.6 Å². The summed E-state index contributed by atoms with van der Waals surface area (Å²) in [5.41, 5.74) is 6.82. The van der Waals surface area contributed by atoms with Crippen molar-refractivity contribution in [3.8, 4) is 22.9 Å². The number of halogens is 3. The SMILES string of the molecule is COc1cc(/C=N/NC(=O)c2ccc(COc3ccc(-n4c(C)ccc4C)cc3)o2)c(Br)c(Br)c1OCc1ccccc1F. The second-order valence-electron chi connectivity index (χ2n) is 9.70. The second-order valence-corrected chi connectivity index (χ2v) is 11.3. The quantitative estimate of drug-likeness (QED) is 0.109. The third-order valence-electron chi connectivity index (χ3n) is 6.71. The maximum Gasteiger partial charge on any atom is 0.307 e. The van der Waals surface area contributed by atoms with Crippen LogP contribution in [-0.2, 0) is 13.2 Å². The standard InChI is InChI=1S/C33H28Br2FN3O5/c1-20-8-9-21(2)39(20)24-10-12-25(13-11-24)42-19-26-14-15-28(44-26)33(40)38-37-17-23-16-29(41-3)32(31(35)30(23)34)43-18-22-6-4-5-7-27(22)36/h4-17H,18-19H2,1-3H3,(H,38,40)/b37-17+. The number of carbonyl (C=O) groups excluding carboxylic acids is 1. The van der Waals surface area contributed by atoms with E-state index in [1.807, 2.05) is 24.3 Å². The summed E-state index contributed by atoms with van der Waals surface area (Å²) >= 11 is 7.02. The van der Waals surface area contributed by atoms with Gasteiger partial charge in [-0.1, -0.05) is 18.2 Å². The molecule has 11 heteroatoms. The van der Waals surface area contributed by atoms with Gasteiger partial charge in [0.05, 0.1) is 17.8 Å². The predicted octanol–water partition coefficient (Wildman–Crippen LogP) is 8.28. The fourth-order valence-electron chi connectivity index (χ4n) is 4.46. The summed E-state index contributed by atoms with van der Waals surface area (Å²) in [5.74, 6) is 1.15. The number of nitrogens with one attached hydrogen (secondary N) is 1. The van der Waals surface area contributed by atoms with Gasteiger partial charge < -0.3 is 23.2 Å². The highest BCUT2D eigenvalue weighted by Crippen LogP contribution is 2.42. The van der Waals surface area contributed by atoms with Crippen LogP contribution in [0.3, 0.4) is 0 Å². The van der Waals surface area contributed by atoms with Crippen molar-refractivity contribution in [3.05, 3.63) is 128 Å². The Morgan fingerprint density at radius 3 is 2.39 bits per heavy atom. The molecule has 1 amide bonds. The van der Waals surface area contributed by atoms with Crippen molar-refractivity contribution >= 4 is 44.0 Å². The summed E-state index contributed by atoms with van der Waals surface area (Å²) < 4.78 is 40.2. The van der Waals surface area contributed by atoms with Crippen molar-refractivity contribution in [1.82, 2.24) is 9.99 Å². The van der Waals surface area contributed by atoms with Crippen molar-refractivity contribution in [2.45, 2.75) is 27.1 Å². The molecule has 0 aliphatic rings. The summed E-state index contributed by atoms with van der Waals surface area (Å²) in [4.78, 5) is 12.6. The van der Waals surface area contributed by atoms with Crippen LogP contribution in [0, 0.1) is 19.7 Å². The molecule has 0 saturated carbocycles. The molecular formula is C33H28Br2FN3O5. The molecule has 0 aliphatic heterocycles. The Hall–Kier alpha value is -4.35. The van der Waals surface area contributed by atoms with Gasteiger partial charge in [0.1, 0.15) is 30.5 Å². The largest absolute Gasteiger partial charge is 0.493 e. The maximum atomic E-state index is 14.0. The molecule has 0 aliphatic carbocycles. The Balaban J connectivity index is 1.17. The van der Waals surface area contributed by atoms with E-state index in [0.29, 0.717) is 43.1 Å². The third kappa shape index (κ3) is 7.06. The highest BCUT2D eigenvalue weighted by atomic mass is 79.9. The van der Waals surface area contributed by atoms with Crippen LogP contribution in [0.2, 0.25) is 0 Å². The number of rotatable bonds is 11. The van der Waals surface area contributed by atoms with Crippen molar-refractivity contribution in [1.29, 1.82) is 0 Å². The Kier molecular flexibility index (Phi) is 9.86. The number of aryl methyl sites for hydroxylation is 2. The number of amides is 1. The number of methoxy groups -OCH3 is 1. The monoisotopic (exact) mass is 723 g/mol. The van der Waals surface area contributed by atoms with Crippen molar-refractivity contribution in [3.63, 3.8) is 0 Å². The number of nitrogens with zero attached hydrogens (tertiary/aromatic N) is 2. The van der Waals surface area contributed by atoms with Gasteiger partial charge in [-0.15, -0.1) is 0 Å². The van der Waals surface area contributed by atoms with E-state index in [1.54, 1.807) is 36.4 Å². The molecule has 5 aromatic rings. The molecule has 0 unspecified atom stereocenters. The molecule has 8 nitrogen and oxygen atoms in total. The number of hydrogen-bond donors (Lipinski definition) is 1. The molecule has 2 aromatic heterocycles. The minimum absolute atomic E-state index is 0.00777. The molecule has 0 atom stereocenters.